The highest BCUT2D eigenvalue weighted by Gasteiger charge is 2.32. The van der Waals surface area contributed by atoms with Crippen LogP contribution >= 0.6 is 11.3 Å². The topological polar surface area (TPSA) is 79.2 Å². The first kappa shape index (κ1) is 24.1. The molecule has 0 unspecified atom stereocenters. The van der Waals surface area contributed by atoms with E-state index in [0.29, 0.717) is 13.1 Å². The number of nitrogens with zero attached hydrogens (tertiary/aromatic N) is 6. The summed E-state index contributed by atoms with van der Waals surface area (Å²) in [6.07, 6.45) is 9.35. The van der Waals surface area contributed by atoms with Gasteiger partial charge in [-0.3, -0.25) is 14.7 Å². The Morgan fingerprint density at radius 3 is 2.70 bits per heavy atom. The molecule has 2 saturated heterocycles. The number of fused-ring (bicyclic) bond motifs is 1. The third kappa shape index (κ3) is 5.24. The average molecular weight is 516 g/mol. The van der Waals surface area contributed by atoms with Crippen molar-refractivity contribution >= 4 is 33.4 Å². The molecule has 2 aliphatic heterocycles. The largest absolute Gasteiger partial charge is 0.353 e. The number of anilines is 1. The molecular weight excluding hydrogens is 482 g/mol. The van der Waals surface area contributed by atoms with Gasteiger partial charge < -0.3 is 14.8 Å². The molecule has 2 fully saturated rings. The number of imidazole rings is 1. The number of pyridine rings is 1. The van der Waals surface area contributed by atoms with Crippen LogP contribution in [0.5, 0.6) is 0 Å². The first-order valence-corrected chi connectivity index (χ1v) is 14.2. The Bertz CT molecular complexity index is 1350. The number of rotatable bonds is 8. The van der Waals surface area contributed by atoms with E-state index >= 15 is 0 Å². The molecule has 1 N–H and O–H groups in total. The predicted molar refractivity (Wildman–Crippen MR) is 148 cm³/mol. The van der Waals surface area contributed by atoms with Gasteiger partial charge in [0, 0.05) is 49.5 Å². The van der Waals surface area contributed by atoms with Crippen LogP contribution in [0, 0.1) is 0 Å². The number of amides is 1. The van der Waals surface area contributed by atoms with Gasteiger partial charge in [-0.05, 0) is 63.0 Å². The van der Waals surface area contributed by atoms with Crippen LogP contribution in [0.1, 0.15) is 37.8 Å². The number of carbonyl (C=O) groups excluding carboxylic acids is 1. The summed E-state index contributed by atoms with van der Waals surface area (Å²) in [5.41, 5.74) is 4.16. The van der Waals surface area contributed by atoms with Gasteiger partial charge in [-0.2, -0.15) is 0 Å². The Hall–Kier alpha value is -3.30. The van der Waals surface area contributed by atoms with Crippen LogP contribution < -0.4 is 10.2 Å². The van der Waals surface area contributed by atoms with E-state index < -0.39 is 0 Å². The lowest BCUT2D eigenvalue weighted by molar-refractivity contribution is -0.122. The third-order valence-electron chi connectivity index (χ3n) is 7.40. The van der Waals surface area contributed by atoms with Gasteiger partial charge >= 0.3 is 0 Å². The van der Waals surface area contributed by atoms with Gasteiger partial charge in [0.25, 0.3) is 0 Å². The second kappa shape index (κ2) is 11.0. The Labute approximate surface area is 221 Å². The van der Waals surface area contributed by atoms with E-state index in [1.54, 1.807) is 23.7 Å². The van der Waals surface area contributed by atoms with Gasteiger partial charge in [0.1, 0.15) is 11.9 Å². The molecule has 2 aliphatic rings. The minimum absolute atomic E-state index is 0.0835. The van der Waals surface area contributed by atoms with Gasteiger partial charge in [0.05, 0.1) is 16.7 Å². The van der Waals surface area contributed by atoms with Crippen molar-refractivity contribution in [1.82, 2.24) is 29.7 Å². The van der Waals surface area contributed by atoms with E-state index in [4.69, 9.17) is 9.97 Å². The molecule has 9 heteroatoms. The minimum Gasteiger partial charge on any atom is -0.353 e. The quantitative estimate of drug-likeness (QED) is 0.376. The number of aromatic nitrogens is 4. The maximum Gasteiger partial charge on any atom is 0.242 e. The molecule has 1 aromatic carbocycles. The van der Waals surface area contributed by atoms with Gasteiger partial charge in [-0.25, -0.2) is 9.97 Å². The summed E-state index contributed by atoms with van der Waals surface area (Å²) in [5, 5.41) is 6.35. The number of hydrogen-bond donors (Lipinski definition) is 1. The molecule has 5 heterocycles. The SMILES string of the molecule is O=C(NCCn1c(-c2ccncc2)nc2ccccc21)[C@H]1CCCN1c1nc(CN2CCCCC2)cs1. The van der Waals surface area contributed by atoms with Gasteiger partial charge in [-0.1, -0.05) is 18.6 Å². The van der Waals surface area contributed by atoms with Crippen LogP contribution in [0.2, 0.25) is 0 Å². The molecule has 0 saturated carbocycles. The summed E-state index contributed by atoms with van der Waals surface area (Å²) in [4.78, 5) is 31.9. The average Bonchev–Trinajstić information content (AvgIpc) is 3.69. The lowest BCUT2D eigenvalue weighted by Gasteiger charge is -2.25. The van der Waals surface area contributed by atoms with E-state index in [0.717, 1.165) is 72.3 Å². The minimum atomic E-state index is -0.159. The van der Waals surface area contributed by atoms with E-state index in [1.807, 2.05) is 30.3 Å². The fraction of sp³-hybridized carbons (Fsp3) is 0.429. The lowest BCUT2D eigenvalue weighted by Crippen LogP contribution is -2.44. The predicted octanol–water partition coefficient (Wildman–Crippen LogP) is 4.33. The molecule has 1 amide bonds. The molecule has 0 aliphatic carbocycles. The van der Waals surface area contributed by atoms with Crippen molar-refractivity contribution in [2.45, 2.75) is 51.2 Å². The first-order chi connectivity index (χ1) is 18.3. The van der Waals surface area contributed by atoms with Crippen molar-refractivity contribution < 1.29 is 4.79 Å². The maximum absolute atomic E-state index is 13.3. The smallest absolute Gasteiger partial charge is 0.242 e. The van der Waals surface area contributed by atoms with Crippen LogP contribution in [-0.4, -0.2) is 62.5 Å². The summed E-state index contributed by atoms with van der Waals surface area (Å²) < 4.78 is 2.19. The monoisotopic (exact) mass is 515 g/mol. The number of thiazole rings is 1. The van der Waals surface area contributed by atoms with Crippen LogP contribution in [0.25, 0.3) is 22.4 Å². The Morgan fingerprint density at radius 2 is 1.84 bits per heavy atom. The molecule has 6 rings (SSSR count). The fourth-order valence-corrected chi connectivity index (χ4v) is 6.44. The second-order valence-electron chi connectivity index (χ2n) is 9.91. The van der Waals surface area contributed by atoms with Gasteiger partial charge in [0.15, 0.2) is 5.13 Å². The summed E-state index contributed by atoms with van der Waals surface area (Å²) in [7, 11) is 0. The standard InChI is InChI=1S/C28H33N7OS/c36-27(25-9-6-17-35(25)28-31-22(20-37-28)19-33-15-4-1-5-16-33)30-14-18-34-24-8-3-2-7-23(24)32-26(34)21-10-12-29-13-11-21/h2-3,7-8,10-13,20,25H,1,4-6,9,14-19H2,(H,30,36)/t25-/m1/s1. The summed E-state index contributed by atoms with van der Waals surface area (Å²) in [6, 6.07) is 11.9. The zero-order chi connectivity index (χ0) is 25.0. The van der Waals surface area contributed by atoms with Crippen molar-refractivity contribution in [3.05, 3.63) is 59.9 Å². The fourth-order valence-electron chi connectivity index (χ4n) is 5.55. The summed E-state index contributed by atoms with van der Waals surface area (Å²) in [6.45, 7) is 5.31. The van der Waals surface area contributed by atoms with E-state index in [1.165, 1.54) is 19.3 Å². The third-order valence-corrected chi connectivity index (χ3v) is 8.33. The molecule has 37 heavy (non-hydrogen) atoms. The summed E-state index contributed by atoms with van der Waals surface area (Å²) >= 11 is 1.67. The first-order valence-electron chi connectivity index (χ1n) is 13.3. The molecule has 0 spiro atoms. The lowest BCUT2D eigenvalue weighted by atomic mass is 10.1. The van der Waals surface area contributed by atoms with Gasteiger partial charge in [-0.15, -0.1) is 11.3 Å². The van der Waals surface area contributed by atoms with Crippen molar-refractivity contribution in [3.8, 4) is 11.4 Å². The van der Waals surface area contributed by atoms with E-state index in [9.17, 15) is 4.79 Å². The highest BCUT2D eigenvalue weighted by Crippen LogP contribution is 2.30. The molecule has 192 valence electrons. The molecule has 0 radical (unpaired) electrons. The van der Waals surface area contributed by atoms with Crippen molar-refractivity contribution in [1.29, 1.82) is 0 Å². The normalized spacial score (nSPS) is 18.5. The number of benzene rings is 1. The van der Waals surface area contributed by atoms with Crippen molar-refractivity contribution in [3.63, 3.8) is 0 Å². The highest BCUT2D eigenvalue weighted by molar-refractivity contribution is 7.13. The van der Waals surface area contributed by atoms with E-state index in [-0.39, 0.29) is 11.9 Å². The van der Waals surface area contributed by atoms with Crippen LogP contribution in [0.4, 0.5) is 5.13 Å². The Morgan fingerprint density at radius 1 is 1.00 bits per heavy atom. The molecular formula is C28H33N7OS. The maximum atomic E-state index is 13.3. The molecule has 3 aromatic heterocycles. The molecule has 0 bridgehead atoms. The number of hydrogen-bond acceptors (Lipinski definition) is 7. The number of likely N-dealkylation sites (tertiary alicyclic amines) is 1. The molecule has 8 nitrogen and oxygen atoms in total. The van der Waals surface area contributed by atoms with Crippen molar-refractivity contribution in [2.24, 2.45) is 0 Å². The van der Waals surface area contributed by atoms with Crippen molar-refractivity contribution in [2.75, 3.05) is 31.1 Å². The van der Waals surface area contributed by atoms with Crippen LogP contribution in [0.15, 0.2) is 54.2 Å². The van der Waals surface area contributed by atoms with Gasteiger partial charge in [0.2, 0.25) is 5.91 Å². The zero-order valence-corrected chi connectivity index (χ0v) is 21.9. The number of carbonyl (C=O) groups is 1. The highest BCUT2D eigenvalue weighted by atomic mass is 32.1. The number of para-hydroxylation sites is 2. The number of piperidine rings is 1. The second-order valence-corrected chi connectivity index (χ2v) is 10.7. The Balaban J connectivity index is 1.11. The summed E-state index contributed by atoms with van der Waals surface area (Å²) in [5.74, 6) is 0.976. The van der Waals surface area contributed by atoms with E-state index in [2.05, 4.69) is 36.1 Å². The molecule has 1 atom stereocenters. The molecule has 4 aromatic rings. The van der Waals surface area contributed by atoms with Crippen LogP contribution in [-0.2, 0) is 17.9 Å². The van der Waals surface area contributed by atoms with Crippen LogP contribution in [0.3, 0.4) is 0 Å². The zero-order valence-electron chi connectivity index (χ0n) is 21.1. The Kier molecular flexibility index (Phi) is 7.14. The number of nitrogens with one attached hydrogen (secondary N) is 1.